The van der Waals surface area contributed by atoms with E-state index in [1.165, 1.54) is 6.07 Å². The summed E-state index contributed by atoms with van der Waals surface area (Å²) in [6.45, 7) is 1.95. The highest BCUT2D eigenvalue weighted by Gasteiger charge is 2.16. The Kier molecular flexibility index (Phi) is 4.51. The average Bonchev–Trinajstić information content (AvgIpc) is 2.38. The highest BCUT2D eigenvalue weighted by molar-refractivity contribution is 7.89. The van der Waals surface area contributed by atoms with Crippen LogP contribution in [0.5, 0.6) is 5.75 Å². The molecule has 0 fully saturated rings. The molecule has 0 saturated carbocycles. The number of aryl methyl sites for hydroxylation is 1. The normalized spacial score (nSPS) is 11.4. The maximum Gasteiger partial charge on any atom is 0.241 e. The summed E-state index contributed by atoms with van der Waals surface area (Å²) in [5, 5.41) is 5.55. The Morgan fingerprint density at radius 1 is 1.24 bits per heavy atom. The molecule has 4 nitrogen and oxygen atoms in total. The van der Waals surface area contributed by atoms with Crippen molar-refractivity contribution in [2.24, 2.45) is 5.14 Å². The third kappa shape index (κ3) is 3.93. The third-order valence-electron chi connectivity index (χ3n) is 2.80. The summed E-state index contributed by atoms with van der Waals surface area (Å²) in [7, 11) is -4.08. The molecule has 0 amide bonds. The van der Waals surface area contributed by atoms with Gasteiger partial charge < -0.3 is 4.74 Å². The first kappa shape index (κ1) is 15.8. The van der Waals surface area contributed by atoms with Crippen molar-refractivity contribution in [3.63, 3.8) is 0 Å². The van der Waals surface area contributed by atoms with Crippen LogP contribution < -0.4 is 9.88 Å². The lowest BCUT2D eigenvalue weighted by Crippen LogP contribution is -2.14. The molecule has 0 bridgehead atoms. The van der Waals surface area contributed by atoms with E-state index in [1.807, 2.05) is 13.0 Å². The smallest absolute Gasteiger partial charge is 0.241 e. The van der Waals surface area contributed by atoms with Gasteiger partial charge in [-0.2, -0.15) is 0 Å². The molecule has 0 saturated heterocycles. The van der Waals surface area contributed by atoms with Gasteiger partial charge in [0, 0.05) is 10.6 Å². The lowest BCUT2D eigenvalue weighted by molar-refractivity contribution is 0.297. The van der Waals surface area contributed by atoms with E-state index in [2.05, 4.69) is 0 Å². The number of hydrogen-bond acceptors (Lipinski definition) is 3. The third-order valence-corrected chi connectivity index (χ3v) is 4.09. The minimum absolute atomic E-state index is 0.0180. The number of sulfonamides is 1. The first-order valence-corrected chi connectivity index (χ1v) is 7.90. The second kappa shape index (κ2) is 6.01. The molecular formula is C14H13ClFNO3S. The summed E-state index contributed by atoms with van der Waals surface area (Å²) in [6, 6.07) is 8.54. The van der Waals surface area contributed by atoms with Crippen LogP contribution >= 0.6 is 11.6 Å². The number of primary sulfonamides is 1. The molecule has 0 aliphatic carbocycles. The number of benzene rings is 2. The SMILES string of the molecule is Cc1ccc(COc2ccc(F)cc2S(N)(=O)=O)c(Cl)c1. The fourth-order valence-corrected chi connectivity index (χ4v) is 2.72. The fraction of sp³-hybridized carbons (Fsp3) is 0.143. The molecule has 0 spiro atoms. The molecule has 2 N–H and O–H groups in total. The Morgan fingerprint density at radius 3 is 2.57 bits per heavy atom. The van der Waals surface area contributed by atoms with Crippen molar-refractivity contribution >= 4 is 21.6 Å². The summed E-state index contributed by atoms with van der Waals surface area (Å²) >= 11 is 6.07. The van der Waals surface area contributed by atoms with E-state index in [0.29, 0.717) is 10.6 Å². The Bertz CT molecular complexity index is 778. The minimum atomic E-state index is -4.08. The molecule has 2 aromatic rings. The van der Waals surface area contributed by atoms with E-state index in [9.17, 15) is 12.8 Å². The predicted octanol–water partition coefficient (Wildman–Crippen LogP) is 3.01. The van der Waals surface area contributed by atoms with Crippen molar-refractivity contribution < 1.29 is 17.5 Å². The molecule has 0 aromatic heterocycles. The van der Waals surface area contributed by atoms with Gasteiger partial charge in [0.1, 0.15) is 23.1 Å². The van der Waals surface area contributed by atoms with Crippen LogP contribution in [0.15, 0.2) is 41.3 Å². The number of ether oxygens (including phenoxy) is 1. The number of nitrogens with two attached hydrogens (primary N) is 1. The monoisotopic (exact) mass is 329 g/mol. The zero-order valence-corrected chi connectivity index (χ0v) is 12.7. The summed E-state index contributed by atoms with van der Waals surface area (Å²) < 4.78 is 41.4. The van der Waals surface area contributed by atoms with Crippen molar-refractivity contribution in [2.45, 2.75) is 18.4 Å². The molecule has 0 heterocycles. The first-order chi connectivity index (χ1) is 9.77. The van der Waals surface area contributed by atoms with E-state index in [4.69, 9.17) is 21.5 Å². The van der Waals surface area contributed by atoms with Crippen LogP contribution in [0.25, 0.3) is 0 Å². The molecule has 0 aliphatic rings. The van der Waals surface area contributed by atoms with Gasteiger partial charge >= 0.3 is 0 Å². The fourth-order valence-electron chi connectivity index (χ4n) is 1.75. The summed E-state index contributed by atoms with van der Waals surface area (Å²) in [6.07, 6.45) is 0. The van der Waals surface area contributed by atoms with Crippen LogP contribution in [0, 0.1) is 12.7 Å². The van der Waals surface area contributed by atoms with Crippen LogP contribution in [0.1, 0.15) is 11.1 Å². The summed E-state index contributed by atoms with van der Waals surface area (Å²) in [5.74, 6) is -0.727. The molecule has 21 heavy (non-hydrogen) atoms. The van der Waals surface area contributed by atoms with Gasteiger partial charge in [-0.1, -0.05) is 23.7 Å². The summed E-state index contributed by atoms with van der Waals surface area (Å²) in [4.78, 5) is -0.397. The van der Waals surface area contributed by atoms with Gasteiger partial charge in [0.05, 0.1) is 0 Å². The highest BCUT2D eigenvalue weighted by atomic mass is 35.5. The predicted molar refractivity (Wildman–Crippen MR) is 78.3 cm³/mol. The highest BCUT2D eigenvalue weighted by Crippen LogP contribution is 2.26. The van der Waals surface area contributed by atoms with Crippen molar-refractivity contribution in [1.82, 2.24) is 0 Å². The van der Waals surface area contributed by atoms with Gasteiger partial charge in [0.25, 0.3) is 0 Å². The molecule has 112 valence electrons. The van der Waals surface area contributed by atoms with E-state index >= 15 is 0 Å². The quantitative estimate of drug-likeness (QED) is 0.937. The molecule has 7 heteroatoms. The lowest BCUT2D eigenvalue weighted by Gasteiger charge is -2.11. The van der Waals surface area contributed by atoms with Crippen LogP contribution in [0.2, 0.25) is 5.02 Å². The van der Waals surface area contributed by atoms with Crippen LogP contribution in [0.3, 0.4) is 0 Å². The Morgan fingerprint density at radius 2 is 1.95 bits per heavy atom. The topological polar surface area (TPSA) is 69.4 Å². The van der Waals surface area contributed by atoms with Gasteiger partial charge in [-0.3, -0.25) is 0 Å². The van der Waals surface area contributed by atoms with Gasteiger partial charge in [-0.15, -0.1) is 0 Å². The maximum absolute atomic E-state index is 13.2. The molecule has 0 unspecified atom stereocenters. The van der Waals surface area contributed by atoms with Gasteiger partial charge in [-0.25, -0.2) is 17.9 Å². The number of halogens is 2. The van der Waals surface area contributed by atoms with Crippen molar-refractivity contribution in [3.8, 4) is 5.75 Å². The second-order valence-corrected chi connectivity index (χ2v) is 6.46. The zero-order valence-electron chi connectivity index (χ0n) is 11.1. The Balaban J connectivity index is 2.28. The Labute approximate surface area is 127 Å². The maximum atomic E-state index is 13.2. The standard InChI is InChI=1S/C14H13ClFNO3S/c1-9-2-3-10(12(15)6-9)8-20-13-5-4-11(16)7-14(13)21(17,18)19/h2-7H,8H2,1H3,(H2,17,18,19). The summed E-state index contributed by atoms with van der Waals surface area (Å²) in [5.41, 5.74) is 1.68. The molecule has 2 rings (SSSR count). The number of rotatable bonds is 4. The lowest BCUT2D eigenvalue weighted by atomic mass is 10.1. The van der Waals surface area contributed by atoms with Crippen molar-refractivity contribution in [3.05, 3.63) is 58.4 Å². The van der Waals surface area contributed by atoms with Crippen molar-refractivity contribution in [2.75, 3.05) is 0 Å². The molecule has 2 aromatic carbocycles. The molecule has 0 aliphatic heterocycles. The van der Waals surface area contributed by atoms with Crippen LogP contribution in [0.4, 0.5) is 4.39 Å². The first-order valence-electron chi connectivity index (χ1n) is 5.97. The van der Waals surface area contributed by atoms with Gasteiger partial charge in [-0.05, 0) is 36.8 Å². The van der Waals surface area contributed by atoms with Gasteiger partial charge in [0.15, 0.2) is 0 Å². The van der Waals surface area contributed by atoms with Crippen LogP contribution in [-0.4, -0.2) is 8.42 Å². The van der Waals surface area contributed by atoms with Crippen LogP contribution in [-0.2, 0) is 16.6 Å². The van der Waals surface area contributed by atoms with Crippen molar-refractivity contribution in [1.29, 1.82) is 0 Å². The second-order valence-electron chi connectivity index (χ2n) is 4.52. The van der Waals surface area contributed by atoms with E-state index in [1.54, 1.807) is 12.1 Å². The largest absolute Gasteiger partial charge is 0.487 e. The Hall–Kier alpha value is -1.63. The molecule has 0 radical (unpaired) electrons. The van der Waals surface area contributed by atoms with E-state index in [0.717, 1.165) is 17.7 Å². The minimum Gasteiger partial charge on any atom is -0.487 e. The molecule has 0 atom stereocenters. The molecular weight excluding hydrogens is 317 g/mol. The zero-order chi connectivity index (χ0) is 15.6. The van der Waals surface area contributed by atoms with E-state index < -0.39 is 20.7 Å². The average molecular weight is 330 g/mol. The van der Waals surface area contributed by atoms with E-state index in [-0.39, 0.29) is 12.4 Å². The number of hydrogen-bond donors (Lipinski definition) is 1. The van der Waals surface area contributed by atoms with Gasteiger partial charge in [0.2, 0.25) is 10.0 Å².